The average Bonchev–Trinajstić information content (AvgIpc) is 3.08. The van der Waals surface area contributed by atoms with Gasteiger partial charge in [0.15, 0.2) is 5.78 Å². The standard InChI is InChI=1S/C25H28O3S/c1-24(2)21-13-14-25(24,15-16-29-20-7-5-4-6-8-20)23(26)22(21)28-17-18-9-11-19(27-3)12-10-18/h4-12,15-16,21-22H,13-14,17H2,1-3H3/b16-15+/t21-,22-,25+/m1/s1. The van der Waals surface area contributed by atoms with E-state index in [0.29, 0.717) is 6.61 Å². The van der Waals surface area contributed by atoms with Crippen LogP contribution in [0, 0.1) is 16.7 Å². The predicted molar refractivity (Wildman–Crippen MR) is 117 cm³/mol. The van der Waals surface area contributed by atoms with Crippen LogP contribution in [-0.2, 0) is 16.1 Å². The van der Waals surface area contributed by atoms with Crippen molar-refractivity contribution in [3.8, 4) is 5.75 Å². The van der Waals surface area contributed by atoms with E-state index in [0.717, 1.165) is 24.2 Å². The Labute approximate surface area is 177 Å². The molecule has 2 aliphatic carbocycles. The first-order valence-corrected chi connectivity index (χ1v) is 11.0. The number of thioether (sulfide) groups is 1. The molecule has 0 amide bonds. The summed E-state index contributed by atoms with van der Waals surface area (Å²) in [6.45, 7) is 4.92. The van der Waals surface area contributed by atoms with Crippen molar-refractivity contribution in [2.24, 2.45) is 16.7 Å². The molecular formula is C25H28O3S. The van der Waals surface area contributed by atoms with Crippen LogP contribution in [0.4, 0.5) is 0 Å². The van der Waals surface area contributed by atoms with Crippen LogP contribution in [0.2, 0.25) is 0 Å². The summed E-state index contributed by atoms with van der Waals surface area (Å²) in [4.78, 5) is 14.6. The van der Waals surface area contributed by atoms with Gasteiger partial charge in [0.1, 0.15) is 11.9 Å². The molecule has 2 aromatic rings. The Balaban J connectivity index is 1.48. The smallest absolute Gasteiger partial charge is 0.172 e. The van der Waals surface area contributed by atoms with E-state index in [2.05, 4.69) is 37.5 Å². The van der Waals surface area contributed by atoms with Gasteiger partial charge in [-0.25, -0.2) is 0 Å². The molecule has 152 valence electrons. The van der Waals surface area contributed by atoms with Crippen molar-refractivity contribution in [2.45, 2.75) is 44.3 Å². The number of Topliss-reactive ketones (excluding diaryl/α,β-unsaturated/α-hetero) is 1. The molecule has 0 unspecified atom stereocenters. The van der Waals surface area contributed by atoms with Crippen LogP contribution in [0.3, 0.4) is 0 Å². The van der Waals surface area contributed by atoms with Gasteiger partial charge in [-0.1, -0.05) is 62.0 Å². The number of fused-ring (bicyclic) bond motifs is 2. The first-order chi connectivity index (χ1) is 14.0. The molecule has 3 nitrogen and oxygen atoms in total. The number of ether oxygens (including phenoxy) is 2. The van der Waals surface area contributed by atoms with Gasteiger partial charge in [-0.3, -0.25) is 4.79 Å². The lowest BCUT2D eigenvalue weighted by molar-refractivity contribution is -0.138. The summed E-state index contributed by atoms with van der Waals surface area (Å²) in [7, 11) is 1.66. The van der Waals surface area contributed by atoms with Crippen molar-refractivity contribution < 1.29 is 14.3 Å². The second-order valence-corrected chi connectivity index (χ2v) is 9.50. The average molecular weight is 409 g/mol. The van der Waals surface area contributed by atoms with E-state index in [1.54, 1.807) is 18.9 Å². The molecule has 0 aliphatic heterocycles. The van der Waals surface area contributed by atoms with Crippen molar-refractivity contribution in [3.63, 3.8) is 0 Å². The fourth-order valence-corrected chi connectivity index (χ4v) is 5.78. The SMILES string of the molecule is COc1ccc(CO[C@H]2C(=O)[C@@]3(/C=C/Sc4ccccc4)CC[C@H]2C3(C)C)cc1. The van der Waals surface area contributed by atoms with E-state index in [-0.39, 0.29) is 23.2 Å². The molecule has 0 spiro atoms. The van der Waals surface area contributed by atoms with Crippen LogP contribution < -0.4 is 4.74 Å². The Morgan fingerprint density at radius 1 is 1.10 bits per heavy atom. The maximum absolute atomic E-state index is 13.5. The fraction of sp³-hybridized carbons (Fsp3) is 0.400. The monoisotopic (exact) mass is 408 g/mol. The largest absolute Gasteiger partial charge is 0.497 e. The molecule has 0 saturated heterocycles. The van der Waals surface area contributed by atoms with Crippen molar-refractivity contribution >= 4 is 17.5 Å². The van der Waals surface area contributed by atoms with Gasteiger partial charge < -0.3 is 9.47 Å². The van der Waals surface area contributed by atoms with Crippen LogP contribution >= 0.6 is 11.8 Å². The van der Waals surface area contributed by atoms with E-state index < -0.39 is 5.41 Å². The second kappa shape index (κ2) is 8.00. The number of benzene rings is 2. The van der Waals surface area contributed by atoms with E-state index in [1.807, 2.05) is 42.5 Å². The van der Waals surface area contributed by atoms with Crippen LogP contribution in [0.1, 0.15) is 32.3 Å². The Hall–Kier alpha value is -2.04. The minimum absolute atomic E-state index is 0.0948. The predicted octanol–water partition coefficient (Wildman–Crippen LogP) is 5.89. The highest BCUT2D eigenvalue weighted by Crippen LogP contribution is 2.65. The Morgan fingerprint density at radius 3 is 2.52 bits per heavy atom. The molecule has 0 radical (unpaired) electrons. The zero-order chi connectivity index (χ0) is 20.5. The number of carbonyl (C=O) groups excluding carboxylic acids is 1. The number of hydrogen-bond donors (Lipinski definition) is 0. The Kier molecular flexibility index (Phi) is 5.58. The van der Waals surface area contributed by atoms with Gasteiger partial charge >= 0.3 is 0 Å². The van der Waals surface area contributed by atoms with Crippen LogP contribution in [0.25, 0.3) is 0 Å². The lowest BCUT2D eigenvalue weighted by Gasteiger charge is -2.33. The van der Waals surface area contributed by atoms with Gasteiger partial charge in [0, 0.05) is 4.90 Å². The maximum atomic E-state index is 13.5. The zero-order valence-corrected chi connectivity index (χ0v) is 18.1. The molecular weight excluding hydrogens is 380 g/mol. The van der Waals surface area contributed by atoms with E-state index in [4.69, 9.17) is 9.47 Å². The minimum Gasteiger partial charge on any atom is -0.497 e. The molecule has 0 heterocycles. The highest BCUT2D eigenvalue weighted by atomic mass is 32.2. The molecule has 4 rings (SSSR count). The van der Waals surface area contributed by atoms with Crippen LogP contribution in [-0.4, -0.2) is 19.0 Å². The highest BCUT2D eigenvalue weighted by molar-refractivity contribution is 8.02. The van der Waals surface area contributed by atoms with Crippen LogP contribution in [0.15, 0.2) is 71.0 Å². The van der Waals surface area contributed by atoms with Crippen molar-refractivity contribution in [1.82, 2.24) is 0 Å². The molecule has 0 aromatic heterocycles. The summed E-state index contributed by atoms with van der Waals surface area (Å²) >= 11 is 1.67. The summed E-state index contributed by atoms with van der Waals surface area (Å²) in [5.74, 6) is 1.34. The maximum Gasteiger partial charge on any atom is 0.172 e. The van der Waals surface area contributed by atoms with Gasteiger partial charge in [0.05, 0.1) is 19.1 Å². The molecule has 0 N–H and O–H groups in total. The van der Waals surface area contributed by atoms with Crippen molar-refractivity contribution in [3.05, 3.63) is 71.6 Å². The van der Waals surface area contributed by atoms with Gasteiger partial charge in [-0.15, -0.1) is 0 Å². The number of rotatable bonds is 7. The third kappa shape index (κ3) is 3.53. The topological polar surface area (TPSA) is 35.5 Å². The summed E-state index contributed by atoms with van der Waals surface area (Å²) in [5, 5.41) is 2.10. The number of methoxy groups -OCH3 is 1. The Bertz CT molecular complexity index is 888. The fourth-order valence-electron chi connectivity index (χ4n) is 5.01. The molecule has 2 aliphatic rings. The minimum atomic E-state index is -0.427. The van der Waals surface area contributed by atoms with Gasteiger partial charge in [-0.2, -0.15) is 0 Å². The quantitative estimate of drug-likeness (QED) is 0.535. The van der Waals surface area contributed by atoms with Crippen molar-refractivity contribution in [1.29, 1.82) is 0 Å². The van der Waals surface area contributed by atoms with E-state index in [9.17, 15) is 4.79 Å². The summed E-state index contributed by atoms with van der Waals surface area (Å²) in [5.41, 5.74) is 0.537. The summed E-state index contributed by atoms with van der Waals surface area (Å²) in [6, 6.07) is 18.1. The van der Waals surface area contributed by atoms with Gasteiger partial charge in [0.2, 0.25) is 0 Å². The van der Waals surface area contributed by atoms with E-state index >= 15 is 0 Å². The summed E-state index contributed by atoms with van der Waals surface area (Å²) < 4.78 is 11.4. The van der Waals surface area contributed by atoms with E-state index in [1.165, 1.54) is 4.90 Å². The number of carbonyl (C=O) groups is 1. The van der Waals surface area contributed by atoms with Gasteiger partial charge in [-0.05, 0) is 59.4 Å². The summed E-state index contributed by atoms with van der Waals surface area (Å²) in [6.07, 6.45) is 3.78. The number of ketones is 1. The lowest BCUT2D eigenvalue weighted by atomic mass is 9.69. The second-order valence-electron chi connectivity index (χ2n) is 8.52. The van der Waals surface area contributed by atoms with Crippen molar-refractivity contribution in [2.75, 3.05) is 7.11 Å². The third-order valence-electron chi connectivity index (χ3n) is 6.88. The van der Waals surface area contributed by atoms with Gasteiger partial charge in [0.25, 0.3) is 0 Å². The first-order valence-electron chi connectivity index (χ1n) is 10.2. The van der Waals surface area contributed by atoms with Crippen LogP contribution in [0.5, 0.6) is 5.75 Å². The Morgan fingerprint density at radius 2 is 1.83 bits per heavy atom. The normalized spacial score (nSPS) is 27.6. The highest BCUT2D eigenvalue weighted by Gasteiger charge is 2.68. The molecule has 29 heavy (non-hydrogen) atoms. The number of hydrogen-bond acceptors (Lipinski definition) is 4. The zero-order valence-electron chi connectivity index (χ0n) is 17.3. The molecule has 3 atom stereocenters. The number of allylic oxidation sites excluding steroid dienone is 1. The molecule has 2 fully saturated rings. The molecule has 2 aromatic carbocycles. The molecule has 2 saturated carbocycles. The molecule has 2 bridgehead atoms. The lowest BCUT2D eigenvalue weighted by Crippen LogP contribution is -2.37. The third-order valence-corrected chi connectivity index (χ3v) is 7.69. The first kappa shape index (κ1) is 20.2. The molecule has 4 heteroatoms.